The Bertz CT molecular complexity index is 518. The van der Waals surface area contributed by atoms with Crippen LogP contribution in [0.25, 0.3) is 6.08 Å². The highest BCUT2D eigenvalue weighted by molar-refractivity contribution is 7.16. The zero-order valence-electron chi connectivity index (χ0n) is 9.69. The molecule has 17 heavy (non-hydrogen) atoms. The molecular weight excluding hydrogens is 234 g/mol. The van der Waals surface area contributed by atoms with E-state index in [1.165, 1.54) is 16.5 Å². The van der Waals surface area contributed by atoms with Gasteiger partial charge in [0, 0.05) is 11.0 Å². The maximum atomic E-state index is 11.6. The minimum absolute atomic E-state index is 0.150. The van der Waals surface area contributed by atoms with Crippen LogP contribution >= 0.6 is 11.3 Å². The third kappa shape index (κ3) is 3.07. The van der Waals surface area contributed by atoms with Crippen molar-refractivity contribution in [3.05, 3.63) is 46.7 Å². The van der Waals surface area contributed by atoms with Crippen molar-refractivity contribution < 1.29 is 9.21 Å². The van der Waals surface area contributed by atoms with E-state index in [2.05, 4.69) is 5.32 Å². The first kappa shape index (κ1) is 11.7. The number of carbonyl (C=O) groups excluding carboxylic acids is 1. The number of amides is 1. The Morgan fingerprint density at radius 2 is 2.29 bits per heavy atom. The zero-order chi connectivity index (χ0) is 12.3. The SMILES string of the molecule is Cc1cc(NC(=O)/C=C/c2ccco2)sc1C. The number of aryl methyl sites for hydroxylation is 2. The summed E-state index contributed by atoms with van der Waals surface area (Å²) in [6, 6.07) is 5.55. The van der Waals surface area contributed by atoms with Crippen molar-refractivity contribution in [1.82, 2.24) is 0 Å². The molecule has 0 aliphatic rings. The molecule has 0 atom stereocenters. The lowest BCUT2D eigenvalue weighted by Crippen LogP contribution is -2.05. The molecule has 2 heterocycles. The van der Waals surface area contributed by atoms with Crippen LogP contribution in [0.3, 0.4) is 0 Å². The molecule has 4 heteroatoms. The van der Waals surface area contributed by atoms with Crippen molar-refractivity contribution in [3.63, 3.8) is 0 Å². The predicted octanol–water partition coefficient (Wildman–Crippen LogP) is 3.61. The molecule has 0 aliphatic heterocycles. The minimum atomic E-state index is -0.150. The lowest BCUT2D eigenvalue weighted by atomic mass is 10.3. The quantitative estimate of drug-likeness (QED) is 0.842. The number of thiophene rings is 1. The Labute approximate surface area is 104 Å². The van der Waals surface area contributed by atoms with Gasteiger partial charge in [-0.2, -0.15) is 0 Å². The molecule has 0 unspecified atom stereocenters. The van der Waals surface area contributed by atoms with Gasteiger partial charge in [0.2, 0.25) is 5.91 Å². The fourth-order valence-corrected chi connectivity index (χ4v) is 2.28. The smallest absolute Gasteiger partial charge is 0.249 e. The molecule has 0 fully saturated rings. The number of carbonyl (C=O) groups is 1. The molecule has 0 spiro atoms. The van der Waals surface area contributed by atoms with Crippen LogP contribution in [-0.2, 0) is 4.79 Å². The summed E-state index contributed by atoms with van der Waals surface area (Å²) in [6.45, 7) is 4.06. The van der Waals surface area contributed by atoms with E-state index in [1.54, 1.807) is 35.8 Å². The van der Waals surface area contributed by atoms with E-state index in [9.17, 15) is 4.79 Å². The monoisotopic (exact) mass is 247 g/mol. The molecule has 2 aromatic heterocycles. The second-order valence-corrected chi connectivity index (χ2v) is 4.94. The van der Waals surface area contributed by atoms with Crippen LogP contribution in [0.15, 0.2) is 35.0 Å². The molecule has 0 bridgehead atoms. The van der Waals surface area contributed by atoms with E-state index in [1.807, 2.05) is 19.9 Å². The Morgan fingerprint density at radius 3 is 2.88 bits per heavy atom. The highest BCUT2D eigenvalue weighted by atomic mass is 32.1. The van der Waals surface area contributed by atoms with Crippen molar-refractivity contribution in [2.75, 3.05) is 5.32 Å². The number of anilines is 1. The molecule has 1 N–H and O–H groups in total. The summed E-state index contributed by atoms with van der Waals surface area (Å²) in [5, 5.41) is 3.69. The summed E-state index contributed by atoms with van der Waals surface area (Å²) in [4.78, 5) is 12.8. The molecule has 0 saturated carbocycles. The van der Waals surface area contributed by atoms with Crippen molar-refractivity contribution in [1.29, 1.82) is 0 Å². The summed E-state index contributed by atoms with van der Waals surface area (Å²) in [5.74, 6) is 0.515. The molecule has 1 amide bonds. The number of rotatable bonds is 3. The summed E-state index contributed by atoms with van der Waals surface area (Å²) in [5.41, 5.74) is 1.19. The van der Waals surface area contributed by atoms with E-state index >= 15 is 0 Å². The first-order valence-electron chi connectivity index (χ1n) is 5.25. The molecule has 2 rings (SSSR count). The van der Waals surface area contributed by atoms with Gasteiger partial charge in [-0.25, -0.2) is 0 Å². The molecule has 2 aromatic rings. The highest BCUT2D eigenvalue weighted by Crippen LogP contribution is 2.25. The summed E-state index contributed by atoms with van der Waals surface area (Å²) >= 11 is 1.58. The largest absolute Gasteiger partial charge is 0.465 e. The van der Waals surface area contributed by atoms with E-state index < -0.39 is 0 Å². The van der Waals surface area contributed by atoms with Crippen LogP contribution < -0.4 is 5.32 Å². The van der Waals surface area contributed by atoms with Crippen LogP contribution in [0.2, 0.25) is 0 Å². The van der Waals surface area contributed by atoms with Gasteiger partial charge in [0.25, 0.3) is 0 Å². The van der Waals surface area contributed by atoms with Crippen molar-refractivity contribution in [2.24, 2.45) is 0 Å². The normalized spacial score (nSPS) is 10.9. The van der Waals surface area contributed by atoms with Gasteiger partial charge in [-0.1, -0.05) is 0 Å². The summed E-state index contributed by atoms with van der Waals surface area (Å²) < 4.78 is 5.09. The van der Waals surface area contributed by atoms with Crippen LogP contribution in [0.1, 0.15) is 16.2 Å². The minimum Gasteiger partial charge on any atom is -0.465 e. The molecule has 0 radical (unpaired) electrons. The molecule has 3 nitrogen and oxygen atoms in total. The van der Waals surface area contributed by atoms with Gasteiger partial charge in [0.15, 0.2) is 0 Å². The molecule has 88 valence electrons. The van der Waals surface area contributed by atoms with Crippen molar-refractivity contribution in [3.8, 4) is 0 Å². The van der Waals surface area contributed by atoms with E-state index in [0.29, 0.717) is 5.76 Å². The average Bonchev–Trinajstić information content (AvgIpc) is 2.87. The fourth-order valence-electron chi connectivity index (χ4n) is 1.34. The lowest BCUT2D eigenvalue weighted by Gasteiger charge is -1.95. The number of nitrogens with one attached hydrogen (secondary N) is 1. The Morgan fingerprint density at radius 1 is 1.47 bits per heavy atom. The van der Waals surface area contributed by atoms with E-state index in [4.69, 9.17) is 4.42 Å². The van der Waals surface area contributed by atoms with Crippen LogP contribution in [0.4, 0.5) is 5.00 Å². The van der Waals surface area contributed by atoms with Crippen molar-refractivity contribution in [2.45, 2.75) is 13.8 Å². The van der Waals surface area contributed by atoms with E-state index in [-0.39, 0.29) is 5.91 Å². The maximum Gasteiger partial charge on any atom is 0.249 e. The second-order valence-electron chi connectivity index (χ2n) is 3.69. The van der Waals surface area contributed by atoms with Gasteiger partial charge in [-0.3, -0.25) is 4.79 Å². The predicted molar refractivity (Wildman–Crippen MR) is 70.2 cm³/mol. The molecule has 0 aromatic carbocycles. The topological polar surface area (TPSA) is 42.2 Å². The number of furan rings is 1. The van der Waals surface area contributed by atoms with Crippen LogP contribution in [-0.4, -0.2) is 5.91 Å². The number of hydrogen-bond donors (Lipinski definition) is 1. The molecule has 0 saturated heterocycles. The summed E-state index contributed by atoms with van der Waals surface area (Å²) in [6.07, 6.45) is 4.68. The van der Waals surface area contributed by atoms with Crippen molar-refractivity contribution >= 4 is 28.3 Å². The first-order chi connectivity index (χ1) is 8.15. The highest BCUT2D eigenvalue weighted by Gasteiger charge is 2.03. The standard InChI is InChI=1S/C13H13NO2S/c1-9-8-13(17-10(9)2)14-12(15)6-5-11-4-3-7-16-11/h3-8H,1-2H3,(H,14,15)/b6-5+. The van der Waals surface area contributed by atoms with Gasteiger partial charge in [0.1, 0.15) is 5.76 Å². The van der Waals surface area contributed by atoms with Crippen LogP contribution in [0, 0.1) is 13.8 Å². The summed E-state index contributed by atoms with van der Waals surface area (Å²) in [7, 11) is 0. The third-order valence-corrected chi connectivity index (χ3v) is 3.42. The Balaban J connectivity index is 1.98. The van der Waals surface area contributed by atoms with Crippen LogP contribution in [0.5, 0.6) is 0 Å². The number of hydrogen-bond acceptors (Lipinski definition) is 3. The van der Waals surface area contributed by atoms with Gasteiger partial charge in [-0.05, 0) is 43.7 Å². The zero-order valence-corrected chi connectivity index (χ0v) is 10.5. The Hall–Kier alpha value is -1.81. The first-order valence-corrected chi connectivity index (χ1v) is 6.06. The maximum absolute atomic E-state index is 11.6. The Kier molecular flexibility index (Phi) is 3.44. The lowest BCUT2D eigenvalue weighted by molar-refractivity contribution is -0.111. The van der Waals surface area contributed by atoms with Gasteiger partial charge < -0.3 is 9.73 Å². The molecular formula is C13H13NO2S. The van der Waals surface area contributed by atoms with Gasteiger partial charge in [-0.15, -0.1) is 11.3 Å². The fraction of sp³-hybridized carbons (Fsp3) is 0.154. The second kappa shape index (κ2) is 5.01. The van der Waals surface area contributed by atoms with E-state index in [0.717, 1.165) is 5.00 Å². The molecule has 0 aliphatic carbocycles. The van der Waals surface area contributed by atoms with Gasteiger partial charge >= 0.3 is 0 Å². The third-order valence-electron chi connectivity index (χ3n) is 2.35. The average molecular weight is 247 g/mol. The van der Waals surface area contributed by atoms with Gasteiger partial charge in [0.05, 0.1) is 11.3 Å².